The molecular formula is C14H24N2O. The average molecular weight is 236 g/mol. The topological polar surface area (TPSA) is 34.1 Å². The summed E-state index contributed by atoms with van der Waals surface area (Å²) >= 11 is 0. The van der Waals surface area contributed by atoms with Crippen molar-refractivity contribution in [3.63, 3.8) is 0 Å². The van der Waals surface area contributed by atoms with E-state index in [0.717, 1.165) is 12.2 Å². The van der Waals surface area contributed by atoms with Crippen LogP contribution in [-0.4, -0.2) is 16.6 Å². The van der Waals surface area contributed by atoms with Crippen LogP contribution in [0.3, 0.4) is 0 Å². The van der Waals surface area contributed by atoms with E-state index in [1.165, 1.54) is 5.56 Å². The van der Waals surface area contributed by atoms with Crippen LogP contribution in [0.15, 0.2) is 12.1 Å². The normalized spacial score (nSPS) is 11.9. The van der Waals surface area contributed by atoms with Gasteiger partial charge >= 0.3 is 0 Å². The van der Waals surface area contributed by atoms with E-state index in [0.29, 0.717) is 5.88 Å². The van der Waals surface area contributed by atoms with E-state index in [-0.39, 0.29) is 11.6 Å². The summed E-state index contributed by atoms with van der Waals surface area (Å²) in [6, 6.07) is 4.02. The highest BCUT2D eigenvalue weighted by atomic mass is 16.5. The lowest BCUT2D eigenvalue weighted by Gasteiger charge is -2.21. The monoisotopic (exact) mass is 236 g/mol. The molecule has 0 fully saturated rings. The lowest BCUT2D eigenvalue weighted by atomic mass is 10.1. The molecule has 1 aromatic heterocycles. The van der Waals surface area contributed by atoms with Crippen LogP contribution in [0.5, 0.6) is 5.88 Å². The average Bonchev–Trinajstić information content (AvgIpc) is 2.13. The molecular weight excluding hydrogens is 212 g/mol. The molecule has 0 aliphatic carbocycles. The zero-order valence-corrected chi connectivity index (χ0v) is 11.8. The van der Waals surface area contributed by atoms with E-state index in [9.17, 15) is 0 Å². The first-order valence-electron chi connectivity index (χ1n) is 6.16. The van der Waals surface area contributed by atoms with Crippen molar-refractivity contribution in [3.8, 4) is 5.88 Å². The Morgan fingerprint density at radius 3 is 2.41 bits per heavy atom. The minimum Gasteiger partial charge on any atom is -0.475 e. The first-order valence-corrected chi connectivity index (χ1v) is 6.16. The fourth-order valence-electron chi connectivity index (χ4n) is 1.42. The van der Waals surface area contributed by atoms with Gasteiger partial charge in [0, 0.05) is 23.8 Å². The molecule has 3 heteroatoms. The van der Waals surface area contributed by atoms with Crippen LogP contribution < -0.4 is 10.1 Å². The molecule has 0 saturated heterocycles. The molecule has 0 spiro atoms. The molecule has 0 unspecified atom stereocenters. The van der Waals surface area contributed by atoms with Crippen LogP contribution in [0.2, 0.25) is 0 Å². The smallest absolute Gasteiger partial charge is 0.213 e. The second-order valence-corrected chi connectivity index (χ2v) is 5.66. The maximum absolute atomic E-state index is 5.56. The summed E-state index contributed by atoms with van der Waals surface area (Å²) in [4.78, 5) is 4.45. The van der Waals surface area contributed by atoms with Gasteiger partial charge in [0.05, 0.1) is 6.10 Å². The molecule has 0 saturated carbocycles. The zero-order chi connectivity index (χ0) is 13.1. The number of hydrogen-bond donors (Lipinski definition) is 1. The summed E-state index contributed by atoms with van der Waals surface area (Å²) in [5.74, 6) is 0.706. The molecule has 1 N–H and O–H groups in total. The molecule has 0 aliphatic heterocycles. The van der Waals surface area contributed by atoms with Crippen LogP contribution in [0.1, 0.15) is 45.9 Å². The highest BCUT2D eigenvalue weighted by Crippen LogP contribution is 2.14. The standard InChI is InChI=1S/C14H24N2O/c1-10(2)17-13-8-7-12(11(3)16-13)9-15-14(4,5)6/h7-8,10,15H,9H2,1-6H3. The second kappa shape index (κ2) is 5.50. The van der Waals surface area contributed by atoms with Crippen molar-refractivity contribution >= 4 is 0 Å². The maximum atomic E-state index is 5.56. The van der Waals surface area contributed by atoms with Crippen molar-refractivity contribution in [1.29, 1.82) is 0 Å². The summed E-state index contributed by atoms with van der Waals surface area (Å²) in [6.07, 6.45) is 0.167. The Labute approximate surface area is 105 Å². The molecule has 0 atom stereocenters. The second-order valence-electron chi connectivity index (χ2n) is 5.66. The van der Waals surface area contributed by atoms with E-state index >= 15 is 0 Å². The Kier molecular flexibility index (Phi) is 4.52. The highest BCUT2D eigenvalue weighted by Gasteiger charge is 2.10. The molecule has 0 aromatic carbocycles. The van der Waals surface area contributed by atoms with Gasteiger partial charge in [-0.15, -0.1) is 0 Å². The molecule has 0 bridgehead atoms. The SMILES string of the molecule is Cc1nc(OC(C)C)ccc1CNC(C)(C)C. The van der Waals surface area contributed by atoms with E-state index in [2.05, 4.69) is 37.1 Å². The Bertz CT molecular complexity index is 367. The van der Waals surface area contributed by atoms with Gasteiger partial charge in [0.25, 0.3) is 0 Å². The highest BCUT2D eigenvalue weighted by molar-refractivity contribution is 5.25. The zero-order valence-electron chi connectivity index (χ0n) is 11.8. The first kappa shape index (κ1) is 14.0. The van der Waals surface area contributed by atoms with Crippen LogP contribution in [0, 0.1) is 6.92 Å². The van der Waals surface area contributed by atoms with Gasteiger partial charge < -0.3 is 10.1 Å². The molecule has 0 radical (unpaired) electrons. The molecule has 1 heterocycles. The largest absolute Gasteiger partial charge is 0.475 e. The van der Waals surface area contributed by atoms with Crippen molar-refractivity contribution in [1.82, 2.24) is 10.3 Å². The number of aromatic nitrogens is 1. The summed E-state index contributed by atoms with van der Waals surface area (Å²) in [5.41, 5.74) is 2.37. The van der Waals surface area contributed by atoms with Crippen LogP contribution in [-0.2, 0) is 6.54 Å². The molecule has 3 nitrogen and oxygen atoms in total. The summed E-state index contributed by atoms with van der Waals surface area (Å²) in [5, 5.41) is 3.46. The quantitative estimate of drug-likeness (QED) is 0.872. The number of nitrogens with zero attached hydrogens (tertiary/aromatic N) is 1. The van der Waals surface area contributed by atoms with Gasteiger partial charge in [-0.25, -0.2) is 4.98 Å². The van der Waals surface area contributed by atoms with E-state index < -0.39 is 0 Å². The van der Waals surface area contributed by atoms with Gasteiger partial charge in [-0.2, -0.15) is 0 Å². The molecule has 0 amide bonds. The first-order chi connectivity index (χ1) is 7.78. The Hall–Kier alpha value is -1.09. The van der Waals surface area contributed by atoms with Crippen LogP contribution >= 0.6 is 0 Å². The molecule has 1 rings (SSSR count). The van der Waals surface area contributed by atoms with Gasteiger partial charge in [-0.05, 0) is 47.1 Å². The molecule has 96 valence electrons. The number of hydrogen-bond acceptors (Lipinski definition) is 3. The Balaban J connectivity index is 2.69. The Morgan fingerprint density at radius 2 is 1.94 bits per heavy atom. The number of aryl methyl sites for hydroxylation is 1. The van der Waals surface area contributed by atoms with Crippen LogP contribution in [0.25, 0.3) is 0 Å². The summed E-state index contributed by atoms with van der Waals surface area (Å²) < 4.78 is 5.56. The van der Waals surface area contributed by atoms with Crippen molar-refractivity contribution in [3.05, 3.63) is 23.4 Å². The fraction of sp³-hybridized carbons (Fsp3) is 0.643. The predicted octanol–water partition coefficient (Wildman–Crippen LogP) is 3.07. The number of ether oxygens (including phenoxy) is 1. The number of nitrogens with one attached hydrogen (secondary N) is 1. The maximum Gasteiger partial charge on any atom is 0.213 e. The van der Waals surface area contributed by atoms with E-state index in [1.807, 2.05) is 26.8 Å². The third-order valence-corrected chi connectivity index (χ3v) is 2.34. The van der Waals surface area contributed by atoms with Crippen molar-refractivity contribution in [2.75, 3.05) is 0 Å². The molecule has 1 aromatic rings. The van der Waals surface area contributed by atoms with E-state index in [4.69, 9.17) is 4.74 Å². The van der Waals surface area contributed by atoms with E-state index in [1.54, 1.807) is 0 Å². The van der Waals surface area contributed by atoms with Gasteiger partial charge in [-0.1, -0.05) is 6.07 Å². The minimum absolute atomic E-state index is 0.125. The van der Waals surface area contributed by atoms with Crippen molar-refractivity contribution < 1.29 is 4.74 Å². The molecule has 0 aliphatic rings. The lowest BCUT2D eigenvalue weighted by molar-refractivity contribution is 0.232. The van der Waals surface area contributed by atoms with Crippen molar-refractivity contribution in [2.24, 2.45) is 0 Å². The lowest BCUT2D eigenvalue weighted by Crippen LogP contribution is -2.35. The Morgan fingerprint density at radius 1 is 1.29 bits per heavy atom. The fourth-order valence-corrected chi connectivity index (χ4v) is 1.42. The van der Waals surface area contributed by atoms with Gasteiger partial charge in [-0.3, -0.25) is 0 Å². The third-order valence-electron chi connectivity index (χ3n) is 2.34. The third kappa shape index (κ3) is 5.18. The van der Waals surface area contributed by atoms with Gasteiger partial charge in [0.2, 0.25) is 5.88 Å². The summed E-state index contributed by atoms with van der Waals surface area (Å²) in [7, 11) is 0. The molecule has 17 heavy (non-hydrogen) atoms. The van der Waals surface area contributed by atoms with Gasteiger partial charge in [0.15, 0.2) is 0 Å². The van der Waals surface area contributed by atoms with Crippen LogP contribution in [0.4, 0.5) is 0 Å². The summed E-state index contributed by atoms with van der Waals surface area (Å²) in [6.45, 7) is 13.3. The number of pyridine rings is 1. The number of rotatable bonds is 4. The van der Waals surface area contributed by atoms with Crippen molar-refractivity contribution in [2.45, 2.75) is 59.7 Å². The van der Waals surface area contributed by atoms with Gasteiger partial charge in [0.1, 0.15) is 0 Å². The predicted molar refractivity (Wildman–Crippen MR) is 71.3 cm³/mol. The minimum atomic E-state index is 0.125.